The first-order chi connectivity index (χ1) is 12.3. The summed E-state index contributed by atoms with van der Waals surface area (Å²) in [7, 11) is 0. The number of imidazole rings is 1. The van der Waals surface area contributed by atoms with Crippen LogP contribution < -0.4 is 10.6 Å². The minimum atomic E-state index is -0.244. The predicted molar refractivity (Wildman–Crippen MR) is 96.3 cm³/mol. The monoisotopic (exact) mass is 338 g/mol. The summed E-state index contributed by atoms with van der Waals surface area (Å²) in [6.07, 6.45) is 5.05. The van der Waals surface area contributed by atoms with Crippen molar-refractivity contribution < 1.29 is 9.90 Å². The number of urea groups is 1. The minimum absolute atomic E-state index is 0.0150. The smallest absolute Gasteiger partial charge is 0.315 e. The standard InChI is InChI=1S/C19H22N4O2/c24-13-10-17(15-6-2-1-3-7-15)22-19(25)20-11-9-16-14-23-12-5-4-8-18(23)21-16/h1-8,12,14,17,24H,9-11,13H2,(H2,20,22,25)/t17-/m1/s1. The quantitative estimate of drug-likeness (QED) is 0.618. The summed E-state index contributed by atoms with van der Waals surface area (Å²) in [5, 5.41) is 15.0. The highest BCUT2D eigenvalue weighted by molar-refractivity contribution is 5.74. The molecule has 0 bridgehead atoms. The SMILES string of the molecule is O=C(NCCc1cn2ccccc2n1)N[C@H](CCO)c1ccccc1. The molecule has 0 aliphatic heterocycles. The Bertz CT molecular complexity index is 783. The highest BCUT2D eigenvalue weighted by atomic mass is 16.3. The lowest BCUT2D eigenvalue weighted by Crippen LogP contribution is -2.39. The fourth-order valence-corrected chi connectivity index (χ4v) is 2.76. The zero-order valence-corrected chi connectivity index (χ0v) is 13.9. The molecule has 6 nitrogen and oxygen atoms in total. The van der Waals surface area contributed by atoms with Crippen molar-refractivity contribution in [3.8, 4) is 0 Å². The van der Waals surface area contributed by atoms with E-state index >= 15 is 0 Å². The molecule has 0 saturated carbocycles. The van der Waals surface area contributed by atoms with E-state index in [0.29, 0.717) is 19.4 Å². The molecule has 1 aromatic carbocycles. The number of carbonyl (C=O) groups excluding carboxylic acids is 1. The van der Waals surface area contributed by atoms with E-state index < -0.39 is 0 Å². The van der Waals surface area contributed by atoms with Crippen molar-refractivity contribution in [1.29, 1.82) is 0 Å². The number of amides is 2. The van der Waals surface area contributed by atoms with E-state index in [2.05, 4.69) is 15.6 Å². The van der Waals surface area contributed by atoms with Crippen molar-refractivity contribution in [2.45, 2.75) is 18.9 Å². The molecule has 0 aliphatic carbocycles. The van der Waals surface area contributed by atoms with E-state index in [1.807, 2.05) is 65.3 Å². The molecule has 130 valence electrons. The molecule has 0 spiro atoms. The highest BCUT2D eigenvalue weighted by Gasteiger charge is 2.13. The van der Waals surface area contributed by atoms with Crippen LogP contribution in [0.1, 0.15) is 23.7 Å². The van der Waals surface area contributed by atoms with Gasteiger partial charge in [0.1, 0.15) is 5.65 Å². The normalized spacial score (nSPS) is 12.0. The van der Waals surface area contributed by atoms with Crippen LogP contribution in [0.5, 0.6) is 0 Å². The number of hydrogen-bond donors (Lipinski definition) is 3. The number of hydrogen-bond acceptors (Lipinski definition) is 3. The van der Waals surface area contributed by atoms with Crippen LogP contribution in [0.4, 0.5) is 4.79 Å². The highest BCUT2D eigenvalue weighted by Crippen LogP contribution is 2.15. The van der Waals surface area contributed by atoms with Gasteiger partial charge in [-0.3, -0.25) is 0 Å². The van der Waals surface area contributed by atoms with Crippen LogP contribution >= 0.6 is 0 Å². The first kappa shape index (κ1) is 17.0. The van der Waals surface area contributed by atoms with Crippen molar-refractivity contribution in [1.82, 2.24) is 20.0 Å². The van der Waals surface area contributed by atoms with E-state index in [4.69, 9.17) is 0 Å². The molecule has 3 rings (SSSR count). The topological polar surface area (TPSA) is 78.7 Å². The first-order valence-corrected chi connectivity index (χ1v) is 8.39. The molecule has 2 heterocycles. The largest absolute Gasteiger partial charge is 0.396 e. The molecule has 1 atom stereocenters. The Morgan fingerprint density at radius 3 is 2.72 bits per heavy atom. The summed E-state index contributed by atoms with van der Waals surface area (Å²) in [6.45, 7) is 0.511. The van der Waals surface area contributed by atoms with Crippen LogP contribution in [-0.2, 0) is 6.42 Å². The zero-order valence-electron chi connectivity index (χ0n) is 13.9. The van der Waals surface area contributed by atoms with Crippen molar-refractivity contribution in [3.05, 3.63) is 72.2 Å². The molecule has 2 amide bonds. The average molecular weight is 338 g/mol. The van der Waals surface area contributed by atoms with Gasteiger partial charge in [-0.1, -0.05) is 36.4 Å². The van der Waals surface area contributed by atoms with Crippen molar-refractivity contribution >= 4 is 11.7 Å². The molecule has 0 radical (unpaired) electrons. The second-order valence-electron chi connectivity index (χ2n) is 5.82. The Morgan fingerprint density at radius 2 is 1.96 bits per heavy atom. The van der Waals surface area contributed by atoms with Gasteiger partial charge >= 0.3 is 6.03 Å². The van der Waals surface area contributed by atoms with Crippen LogP contribution in [0, 0.1) is 0 Å². The average Bonchev–Trinajstić information content (AvgIpc) is 3.05. The maximum Gasteiger partial charge on any atom is 0.315 e. The molecular weight excluding hydrogens is 316 g/mol. The summed E-state index contributed by atoms with van der Waals surface area (Å²) in [6, 6.07) is 15.0. The molecular formula is C19H22N4O2. The molecule has 3 N–H and O–H groups in total. The lowest BCUT2D eigenvalue weighted by Gasteiger charge is -2.18. The Morgan fingerprint density at radius 1 is 1.16 bits per heavy atom. The molecule has 0 fully saturated rings. The third-order valence-corrected chi connectivity index (χ3v) is 4.01. The fourth-order valence-electron chi connectivity index (χ4n) is 2.76. The Balaban J connectivity index is 1.51. The fraction of sp³-hybridized carbons (Fsp3) is 0.263. The molecule has 6 heteroatoms. The summed E-state index contributed by atoms with van der Waals surface area (Å²) >= 11 is 0. The zero-order chi connectivity index (χ0) is 17.5. The van der Waals surface area contributed by atoms with Gasteiger partial charge in [0.25, 0.3) is 0 Å². The Labute approximate surface area is 146 Å². The third kappa shape index (κ3) is 4.58. The van der Waals surface area contributed by atoms with E-state index in [-0.39, 0.29) is 18.7 Å². The van der Waals surface area contributed by atoms with Gasteiger partial charge in [0.05, 0.1) is 11.7 Å². The van der Waals surface area contributed by atoms with Gasteiger partial charge in [-0.25, -0.2) is 9.78 Å². The summed E-state index contributed by atoms with van der Waals surface area (Å²) < 4.78 is 1.96. The van der Waals surface area contributed by atoms with Gasteiger partial charge in [0.15, 0.2) is 0 Å². The van der Waals surface area contributed by atoms with Crippen LogP contribution in [0.2, 0.25) is 0 Å². The van der Waals surface area contributed by atoms with Gasteiger partial charge in [0, 0.05) is 32.0 Å². The third-order valence-electron chi connectivity index (χ3n) is 4.01. The molecule has 2 aromatic heterocycles. The lowest BCUT2D eigenvalue weighted by molar-refractivity contribution is 0.229. The molecule has 25 heavy (non-hydrogen) atoms. The van der Waals surface area contributed by atoms with Gasteiger partial charge in [-0.05, 0) is 24.1 Å². The van der Waals surface area contributed by atoms with Gasteiger partial charge in [0.2, 0.25) is 0 Å². The summed E-state index contributed by atoms with van der Waals surface area (Å²) in [5.41, 5.74) is 2.81. The number of pyridine rings is 1. The van der Waals surface area contributed by atoms with Gasteiger partial charge < -0.3 is 20.1 Å². The van der Waals surface area contributed by atoms with Crippen LogP contribution in [0.3, 0.4) is 0 Å². The van der Waals surface area contributed by atoms with Gasteiger partial charge in [-0.15, -0.1) is 0 Å². The van der Waals surface area contributed by atoms with Crippen molar-refractivity contribution in [2.24, 2.45) is 0 Å². The molecule has 0 unspecified atom stereocenters. The number of aliphatic hydroxyl groups excluding tert-OH is 1. The number of nitrogens with one attached hydrogen (secondary N) is 2. The summed E-state index contributed by atoms with van der Waals surface area (Å²) in [4.78, 5) is 16.6. The van der Waals surface area contributed by atoms with E-state index in [1.54, 1.807) is 0 Å². The van der Waals surface area contributed by atoms with E-state index in [0.717, 1.165) is 16.9 Å². The van der Waals surface area contributed by atoms with Gasteiger partial charge in [-0.2, -0.15) is 0 Å². The number of nitrogens with zero attached hydrogens (tertiary/aromatic N) is 2. The number of carbonyl (C=O) groups is 1. The van der Waals surface area contributed by atoms with Crippen LogP contribution in [-0.4, -0.2) is 33.7 Å². The van der Waals surface area contributed by atoms with Crippen LogP contribution in [0.15, 0.2) is 60.9 Å². The number of benzene rings is 1. The maximum absolute atomic E-state index is 12.1. The molecule has 3 aromatic rings. The Hall–Kier alpha value is -2.86. The summed E-state index contributed by atoms with van der Waals surface area (Å²) in [5.74, 6) is 0. The predicted octanol–water partition coefficient (Wildman–Crippen LogP) is 2.30. The van der Waals surface area contributed by atoms with E-state index in [1.165, 1.54) is 0 Å². The Kier molecular flexibility index (Phi) is 5.64. The number of fused-ring (bicyclic) bond motifs is 1. The lowest BCUT2D eigenvalue weighted by atomic mass is 10.0. The van der Waals surface area contributed by atoms with Crippen molar-refractivity contribution in [3.63, 3.8) is 0 Å². The van der Waals surface area contributed by atoms with Crippen molar-refractivity contribution in [2.75, 3.05) is 13.2 Å². The molecule has 0 aliphatic rings. The maximum atomic E-state index is 12.1. The van der Waals surface area contributed by atoms with Crippen LogP contribution in [0.25, 0.3) is 5.65 Å². The second-order valence-corrected chi connectivity index (χ2v) is 5.82. The number of aromatic nitrogens is 2. The van der Waals surface area contributed by atoms with E-state index in [9.17, 15) is 9.90 Å². The second kappa shape index (κ2) is 8.30. The number of aliphatic hydroxyl groups is 1. The first-order valence-electron chi connectivity index (χ1n) is 8.39. The number of rotatable bonds is 7. The minimum Gasteiger partial charge on any atom is -0.396 e. The molecule has 0 saturated heterocycles.